The predicted octanol–water partition coefficient (Wildman–Crippen LogP) is 2.71. The average Bonchev–Trinajstić information content (AvgIpc) is 2.41. The minimum atomic E-state index is 0.198. The van der Waals surface area contributed by atoms with Crippen LogP contribution in [0.15, 0.2) is 24.3 Å². The molecule has 100 valence electrons. The largest absolute Gasteiger partial charge is 0.464 e. The number of rotatable bonds is 5. The molecule has 0 aliphatic carbocycles. The second kappa shape index (κ2) is 6.50. The van der Waals surface area contributed by atoms with E-state index in [0.29, 0.717) is 18.3 Å². The lowest BCUT2D eigenvalue weighted by Crippen LogP contribution is -2.05. The third-order valence-corrected chi connectivity index (χ3v) is 2.83. The molecule has 0 radical (unpaired) electrons. The van der Waals surface area contributed by atoms with Crippen molar-refractivity contribution in [1.29, 1.82) is 0 Å². The molecule has 19 heavy (non-hydrogen) atoms. The molecule has 2 rings (SSSR count). The topological polar surface area (TPSA) is 69.2 Å². The molecule has 1 aromatic carbocycles. The number of hydrogen-bond acceptors (Lipinski definition) is 6. The molecule has 1 aromatic heterocycles. The number of benzene rings is 1. The quantitative estimate of drug-likeness (QED) is 0.815. The van der Waals surface area contributed by atoms with Gasteiger partial charge < -0.3 is 14.8 Å². The maximum atomic E-state index is 5.58. The summed E-state index contributed by atoms with van der Waals surface area (Å²) in [6.45, 7) is 2.35. The van der Waals surface area contributed by atoms with Crippen LogP contribution in [0.4, 0.5) is 5.95 Å². The van der Waals surface area contributed by atoms with Gasteiger partial charge in [-0.25, -0.2) is 0 Å². The third kappa shape index (κ3) is 3.91. The summed E-state index contributed by atoms with van der Waals surface area (Å²) in [4.78, 5) is 12.3. The van der Waals surface area contributed by atoms with Crippen LogP contribution in [0.2, 0.25) is 0 Å². The summed E-state index contributed by atoms with van der Waals surface area (Å²) >= 11 is 2.23. The minimum Gasteiger partial charge on any atom is -0.464 e. The Morgan fingerprint density at radius 1 is 1.11 bits per heavy atom. The number of anilines is 1. The van der Waals surface area contributed by atoms with Crippen LogP contribution in [0.1, 0.15) is 6.92 Å². The van der Waals surface area contributed by atoms with Crippen LogP contribution < -0.4 is 14.8 Å². The van der Waals surface area contributed by atoms with Gasteiger partial charge in [-0.1, -0.05) is 0 Å². The van der Waals surface area contributed by atoms with Crippen LogP contribution in [0.3, 0.4) is 0 Å². The highest BCUT2D eigenvalue weighted by molar-refractivity contribution is 14.1. The monoisotopic (exact) mass is 372 g/mol. The minimum absolute atomic E-state index is 0.198. The normalized spacial score (nSPS) is 10.1. The van der Waals surface area contributed by atoms with E-state index < -0.39 is 0 Å². The number of nitrogens with zero attached hydrogens (tertiary/aromatic N) is 3. The molecule has 0 amide bonds. The summed E-state index contributed by atoms with van der Waals surface area (Å²) in [7, 11) is 1.72. The molecule has 0 bridgehead atoms. The van der Waals surface area contributed by atoms with Gasteiger partial charge in [-0.05, 0) is 53.8 Å². The van der Waals surface area contributed by atoms with E-state index in [4.69, 9.17) is 9.47 Å². The Hall–Kier alpha value is -1.64. The van der Waals surface area contributed by atoms with Gasteiger partial charge >= 0.3 is 12.0 Å². The molecular weight excluding hydrogens is 359 g/mol. The van der Waals surface area contributed by atoms with Crippen molar-refractivity contribution in [2.75, 3.05) is 19.0 Å². The molecule has 0 spiro atoms. The van der Waals surface area contributed by atoms with Crippen LogP contribution in [0.5, 0.6) is 17.8 Å². The smallest absolute Gasteiger partial charge is 0.330 e. The first-order valence-corrected chi connectivity index (χ1v) is 6.79. The van der Waals surface area contributed by atoms with Crippen LogP contribution in [-0.2, 0) is 0 Å². The molecular formula is C12H13IN4O2. The van der Waals surface area contributed by atoms with E-state index in [2.05, 4.69) is 42.9 Å². The van der Waals surface area contributed by atoms with Crippen LogP contribution >= 0.6 is 22.6 Å². The Morgan fingerprint density at radius 3 is 2.42 bits per heavy atom. The fourth-order valence-electron chi connectivity index (χ4n) is 1.30. The summed E-state index contributed by atoms with van der Waals surface area (Å²) in [6.07, 6.45) is 0. The standard InChI is InChI=1S/C12H13IN4O2/c1-3-18-11-15-10(14-2)16-12(17-11)19-9-6-4-8(13)5-7-9/h4-7H,3H2,1-2H3,(H,14,15,16,17). The molecule has 0 saturated carbocycles. The average molecular weight is 372 g/mol. The Bertz CT molecular complexity index is 548. The summed E-state index contributed by atoms with van der Waals surface area (Å²) in [5.41, 5.74) is 0. The van der Waals surface area contributed by atoms with Crippen molar-refractivity contribution in [2.24, 2.45) is 0 Å². The van der Waals surface area contributed by atoms with E-state index in [1.165, 1.54) is 0 Å². The Kier molecular flexibility index (Phi) is 4.72. The lowest BCUT2D eigenvalue weighted by Gasteiger charge is -2.07. The highest BCUT2D eigenvalue weighted by Crippen LogP contribution is 2.21. The molecule has 0 aliphatic rings. The summed E-state index contributed by atoms with van der Waals surface area (Å²) in [5, 5.41) is 2.84. The SMILES string of the molecule is CCOc1nc(NC)nc(Oc2ccc(I)cc2)n1. The number of nitrogens with one attached hydrogen (secondary N) is 1. The van der Waals surface area contributed by atoms with Crippen molar-refractivity contribution in [3.05, 3.63) is 27.8 Å². The zero-order chi connectivity index (χ0) is 13.7. The fraction of sp³-hybridized carbons (Fsp3) is 0.250. The van der Waals surface area contributed by atoms with Crippen molar-refractivity contribution >= 4 is 28.5 Å². The second-order valence-corrected chi connectivity index (χ2v) is 4.71. The van der Waals surface area contributed by atoms with Crippen LogP contribution in [0, 0.1) is 3.57 Å². The van der Waals surface area contributed by atoms with E-state index in [1.54, 1.807) is 7.05 Å². The molecule has 6 nitrogen and oxygen atoms in total. The molecule has 0 unspecified atom stereocenters. The lowest BCUT2D eigenvalue weighted by atomic mass is 10.3. The van der Waals surface area contributed by atoms with E-state index in [-0.39, 0.29) is 12.0 Å². The third-order valence-electron chi connectivity index (χ3n) is 2.11. The number of hydrogen-bond donors (Lipinski definition) is 1. The van der Waals surface area contributed by atoms with Crippen molar-refractivity contribution in [3.8, 4) is 17.8 Å². The number of aromatic nitrogens is 3. The van der Waals surface area contributed by atoms with Gasteiger partial charge in [0.2, 0.25) is 5.95 Å². The van der Waals surface area contributed by atoms with Crippen molar-refractivity contribution in [2.45, 2.75) is 6.92 Å². The first-order valence-electron chi connectivity index (χ1n) is 5.71. The van der Waals surface area contributed by atoms with Gasteiger partial charge in [0.25, 0.3) is 0 Å². The van der Waals surface area contributed by atoms with Crippen molar-refractivity contribution < 1.29 is 9.47 Å². The molecule has 1 N–H and O–H groups in total. The maximum absolute atomic E-state index is 5.58. The fourth-order valence-corrected chi connectivity index (χ4v) is 1.66. The molecule has 0 aliphatic heterocycles. The first-order chi connectivity index (χ1) is 9.21. The Labute approximate surface area is 124 Å². The van der Waals surface area contributed by atoms with Gasteiger partial charge in [0.15, 0.2) is 0 Å². The van der Waals surface area contributed by atoms with E-state index in [1.807, 2.05) is 31.2 Å². The van der Waals surface area contributed by atoms with Gasteiger partial charge in [-0.3, -0.25) is 0 Å². The predicted molar refractivity (Wildman–Crippen MR) is 79.8 cm³/mol. The molecule has 7 heteroatoms. The second-order valence-electron chi connectivity index (χ2n) is 3.46. The molecule has 1 heterocycles. The summed E-state index contributed by atoms with van der Waals surface area (Å²) in [5.74, 6) is 1.06. The van der Waals surface area contributed by atoms with Gasteiger partial charge in [-0.15, -0.1) is 4.98 Å². The van der Waals surface area contributed by atoms with Gasteiger partial charge in [0.1, 0.15) is 5.75 Å². The molecule has 2 aromatic rings. The summed E-state index contributed by atoms with van der Waals surface area (Å²) in [6, 6.07) is 8.03. The lowest BCUT2D eigenvalue weighted by molar-refractivity contribution is 0.304. The number of ether oxygens (including phenoxy) is 2. The highest BCUT2D eigenvalue weighted by atomic mass is 127. The van der Waals surface area contributed by atoms with Crippen LogP contribution in [0.25, 0.3) is 0 Å². The van der Waals surface area contributed by atoms with Crippen molar-refractivity contribution in [3.63, 3.8) is 0 Å². The Morgan fingerprint density at radius 2 is 1.79 bits per heavy atom. The molecule has 0 atom stereocenters. The van der Waals surface area contributed by atoms with Crippen molar-refractivity contribution in [1.82, 2.24) is 15.0 Å². The van der Waals surface area contributed by atoms with E-state index >= 15 is 0 Å². The van der Waals surface area contributed by atoms with E-state index in [0.717, 1.165) is 3.57 Å². The summed E-state index contributed by atoms with van der Waals surface area (Å²) < 4.78 is 12.0. The van der Waals surface area contributed by atoms with Crippen LogP contribution in [-0.4, -0.2) is 28.6 Å². The molecule has 0 saturated heterocycles. The van der Waals surface area contributed by atoms with E-state index in [9.17, 15) is 0 Å². The Balaban J connectivity index is 2.23. The van der Waals surface area contributed by atoms with Gasteiger partial charge in [-0.2, -0.15) is 9.97 Å². The maximum Gasteiger partial charge on any atom is 0.330 e. The highest BCUT2D eigenvalue weighted by Gasteiger charge is 2.08. The molecule has 0 fully saturated rings. The number of halogens is 1. The van der Waals surface area contributed by atoms with Gasteiger partial charge in [0, 0.05) is 10.6 Å². The zero-order valence-electron chi connectivity index (χ0n) is 10.6. The first kappa shape index (κ1) is 13.8. The van der Waals surface area contributed by atoms with Gasteiger partial charge in [0.05, 0.1) is 6.61 Å². The zero-order valence-corrected chi connectivity index (χ0v) is 12.7.